The average Bonchev–Trinajstić information content (AvgIpc) is 3.19. The highest BCUT2D eigenvalue weighted by atomic mass is 16.2. The van der Waals surface area contributed by atoms with Crippen molar-refractivity contribution in [2.75, 3.05) is 6.54 Å². The number of rotatable bonds is 3. The minimum absolute atomic E-state index is 0.0859. The Morgan fingerprint density at radius 1 is 1.07 bits per heavy atom. The van der Waals surface area contributed by atoms with Gasteiger partial charge >= 0.3 is 0 Å². The maximum Gasteiger partial charge on any atom is 0.257 e. The normalized spacial score (nSPS) is 17.7. The number of nitrogens with zero attached hydrogens (tertiary/aromatic N) is 4. The molecule has 0 radical (unpaired) electrons. The molecule has 27 heavy (non-hydrogen) atoms. The standard InChI is InChI=1S/C22H26N4O/c1-17-19(16-23-26(17)18-10-5-3-6-11-18)22(27)25-15-8-4-7-12-21(25)20-13-9-14-24(20)2/h3,5-6,9-11,13-14,16,21H,4,7-8,12,15H2,1-2H3. The van der Waals surface area contributed by atoms with Gasteiger partial charge in [0, 0.05) is 25.5 Å². The minimum Gasteiger partial charge on any atom is -0.353 e. The zero-order valence-electron chi connectivity index (χ0n) is 16.0. The lowest BCUT2D eigenvalue weighted by Gasteiger charge is -2.30. The molecule has 3 heterocycles. The van der Waals surface area contributed by atoms with E-state index in [1.54, 1.807) is 6.20 Å². The number of para-hydroxylation sites is 1. The van der Waals surface area contributed by atoms with Gasteiger partial charge in [-0.25, -0.2) is 4.68 Å². The monoisotopic (exact) mass is 362 g/mol. The van der Waals surface area contributed by atoms with Crippen molar-refractivity contribution < 1.29 is 4.79 Å². The Morgan fingerprint density at radius 3 is 2.63 bits per heavy atom. The maximum absolute atomic E-state index is 13.5. The van der Waals surface area contributed by atoms with Crippen LogP contribution in [-0.2, 0) is 7.05 Å². The van der Waals surface area contributed by atoms with Gasteiger partial charge in [0.1, 0.15) is 0 Å². The topological polar surface area (TPSA) is 43.1 Å². The van der Waals surface area contributed by atoms with Crippen molar-refractivity contribution in [2.24, 2.45) is 7.05 Å². The van der Waals surface area contributed by atoms with E-state index < -0.39 is 0 Å². The predicted molar refractivity (Wildman–Crippen MR) is 106 cm³/mol. The van der Waals surface area contributed by atoms with Crippen molar-refractivity contribution in [2.45, 2.75) is 38.6 Å². The van der Waals surface area contributed by atoms with E-state index in [9.17, 15) is 4.79 Å². The lowest BCUT2D eigenvalue weighted by atomic mass is 10.1. The van der Waals surface area contributed by atoms with Crippen molar-refractivity contribution in [3.63, 3.8) is 0 Å². The Morgan fingerprint density at radius 2 is 1.89 bits per heavy atom. The molecule has 1 atom stereocenters. The molecule has 5 heteroatoms. The summed E-state index contributed by atoms with van der Waals surface area (Å²) in [5, 5.41) is 4.49. The van der Waals surface area contributed by atoms with E-state index in [1.165, 1.54) is 12.1 Å². The van der Waals surface area contributed by atoms with Crippen LogP contribution in [0.4, 0.5) is 0 Å². The van der Waals surface area contributed by atoms with Crippen LogP contribution in [0.1, 0.15) is 53.5 Å². The quantitative estimate of drug-likeness (QED) is 0.698. The Labute approximate surface area is 160 Å². The van der Waals surface area contributed by atoms with Crippen LogP contribution >= 0.6 is 0 Å². The number of hydrogen-bond acceptors (Lipinski definition) is 2. The van der Waals surface area contributed by atoms with Crippen LogP contribution in [0.5, 0.6) is 0 Å². The highest BCUT2D eigenvalue weighted by Gasteiger charge is 2.30. The molecule has 3 aromatic rings. The lowest BCUT2D eigenvalue weighted by molar-refractivity contribution is 0.0673. The third-order valence-corrected chi connectivity index (χ3v) is 5.58. The molecule has 0 N–H and O–H groups in total. The summed E-state index contributed by atoms with van der Waals surface area (Å²) >= 11 is 0. The van der Waals surface area contributed by atoms with Crippen molar-refractivity contribution in [1.82, 2.24) is 19.2 Å². The molecular weight excluding hydrogens is 336 g/mol. The first-order chi connectivity index (χ1) is 13.2. The number of benzene rings is 1. The van der Waals surface area contributed by atoms with Crippen LogP contribution in [0.25, 0.3) is 5.69 Å². The molecule has 0 aliphatic carbocycles. The highest BCUT2D eigenvalue weighted by molar-refractivity contribution is 5.95. The van der Waals surface area contributed by atoms with Gasteiger partial charge in [-0.3, -0.25) is 4.79 Å². The Hall–Kier alpha value is -2.82. The minimum atomic E-state index is 0.0859. The first-order valence-electron chi connectivity index (χ1n) is 9.69. The zero-order chi connectivity index (χ0) is 18.8. The lowest BCUT2D eigenvalue weighted by Crippen LogP contribution is -2.35. The van der Waals surface area contributed by atoms with Gasteiger partial charge in [-0.1, -0.05) is 31.0 Å². The van der Waals surface area contributed by atoms with Crippen LogP contribution in [-0.4, -0.2) is 31.7 Å². The summed E-state index contributed by atoms with van der Waals surface area (Å²) in [6, 6.07) is 14.3. The Balaban J connectivity index is 1.68. The molecule has 1 amide bonds. The Bertz CT molecular complexity index is 925. The molecule has 140 valence electrons. The fourth-order valence-electron chi connectivity index (χ4n) is 4.08. The van der Waals surface area contributed by atoms with E-state index in [4.69, 9.17) is 0 Å². The SMILES string of the molecule is Cc1c(C(=O)N2CCCCCC2c2cccn2C)cnn1-c1ccccc1. The van der Waals surface area contributed by atoms with Gasteiger partial charge in [0.15, 0.2) is 0 Å². The summed E-state index contributed by atoms with van der Waals surface area (Å²) in [5.74, 6) is 0.0859. The molecule has 1 aromatic carbocycles. The molecule has 1 aliphatic heterocycles. The van der Waals surface area contributed by atoms with Gasteiger partial charge in [-0.15, -0.1) is 0 Å². The van der Waals surface area contributed by atoms with E-state index >= 15 is 0 Å². The third-order valence-electron chi connectivity index (χ3n) is 5.58. The smallest absolute Gasteiger partial charge is 0.257 e. The molecule has 1 unspecified atom stereocenters. The fraction of sp³-hybridized carbons (Fsp3) is 0.364. The number of carbonyl (C=O) groups is 1. The van der Waals surface area contributed by atoms with Crippen LogP contribution in [0.2, 0.25) is 0 Å². The second-order valence-corrected chi connectivity index (χ2v) is 7.30. The molecular formula is C22H26N4O. The highest BCUT2D eigenvalue weighted by Crippen LogP contribution is 2.32. The zero-order valence-corrected chi connectivity index (χ0v) is 16.0. The van der Waals surface area contributed by atoms with Gasteiger partial charge in [0.25, 0.3) is 5.91 Å². The molecule has 0 saturated carbocycles. The summed E-state index contributed by atoms with van der Waals surface area (Å²) in [6.07, 6.45) is 8.17. The number of aromatic nitrogens is 3. The number of amides is 1. The Kier molecular flexibility index (Phi) is 4.84. The summed E-state index contributed by atoms with van der Waals surface area (Å²) in [5.41, 5.74) is 3.77. The fourth-order valence-corrected chi connectivity index (χ4v) is 4.08. The van der Waals surface area contributed by atoms with E-state index in [2.05, 4.69) is 39.9 Å². The van der Waals surface area contributed by atoms with Crippen molar-refractivity contribution in [3.05, 3.63) is 71.8 Å². The van der Waals surface area contributed by atoms with Gasteiger partial charge in [-0.2, -0.15) is 5.10 Å². The molecule has 5 nitrogen and oxygen atoms in total. The van der Waals surface area contributed by atoms with Crippen LogP contribution < -0.4 is 0 Å². The number of hydrogen-bond donors (Lipinski definition) is 0. The van der Waals surface area contributed by atoms with Gasteiger partial charge in [-0.05, 0) is 44.0 Å². The summed E-state index contributed by atoms with van der Waals surface area (Å²) in [7, 11) is 2.06. The molecule has 4 rings (SSSR count). The van der Waals surface area contributed by atoms with Crippen molar-refractivity contribution in [1.29, 1.82) is 0 Å². The van der Waals surface area contributed by atoms with Crippen molar-refractivity contribution in [3.8, 4) is 5.69 Å². The molecule has 2 aromatic heterocycles. The molecule has 0 bridgehead atoms. The van der Waals surface area contributed by atoms with E-state index in [0.717, 1.165) is 37.2 Å². The first kappa shape index (κ1) is 17.6. The van der Waals surface area contributed by atoms with Gasteiger partial charge in [0.05, 0.1) is 29.2 Å². The van der Waals surface area contributed by atoms with Crippen LogP contribution in [0.3, 0.4) is 0 Å². The van der Waals surface area contributed by atoms with Crippen molar-refractivity contribution >= 4 is 5.91 Å². The number of carbonyl (C=O) groups excluding carboxylic acids is 1. The second-order valence-electron chi connectivity index (χ2n) is 7.30. The van der Waals surface area contributed by atoms with E-state index in [0.29, 0.717) is 5.56 Å². The average molecular weight is 362 g/mol. The number of aryl methyl sites for hydroxylation is 1. The van der Waals surface area contributed by atoms with Gasteiger partial charge < -0.3 is 9.47 Å². The summed E-state index contributed by atoms with van der Waals surface area (Å²) < 4.78 is 3.99. The van der Waals surface area contributed by atoms with E-state index in [1.807, 2.05) is 41.9 Å². The van der Waals surface area contributed by atoms with Gasteiger partial charge in [0.2, 0.25) is 0 Å². The largest absolute Gasteiger partial charge is 0.353 e. The van der Waals surface area contributed by atoms with Crippen LogP contribution in [0.15, 0.2) is 54.9 Å². The number of likely N-dealkylation sites (tertiary alicyclic amines) is 1. The summed E-state index contributed by atoms with van der Waals surface area (Å²) in [6.45, 7) is 2.77. The summed E-state index contributed by atoms with van der Waals surface area (Å²) in [4.78, 5) is 15.6. The second kappa shape index (κ2) is 7.43. The van der Waals surface area contributed by atoms with Crippen LogP contribution in [0, 0.1) is 6.92 Å². The molecule has 0 spiro atoms. The van der Waals surface area contributed by atoms with E-state index in [-0.39, 0.29) is 11.9 Å². The third kappa shape index (κ3) is 3.29. The molecule has 1 fully saturated rings. The predicted octanol–water partition coefficient (Wildman–Crippen LogP) is 4.28. The molecule has 1 aliphatic rings. The molecule has 1 saturated heterocycles. The maximum atomic E-state index is 13.5. The first-order valence-corrected chi connectivity index (χ1v) is 9.69.